The van der Waals surface area contributed by atoms with Crippen LogP contribution >= 0.6 is 11.3 Å². The summed E-state index contributed by atoms with van der Waals surface area (Å²) in [4.78, 5) is 39.2. The van der Waals surface area contributed by atoms with E-state index in [0.29, 0.717) is 32.4 Å². The maximum absolute atomic E-state index is 12.2. The molecule has 1 aromatic rings. The lowest BCUT2D eigenvalue weighted by atomic mass is 9.97. The molecule has 0 aromatic carbocycles. The summed E-state index contributed by atoms with van der Waals surface area (Å²) in [6, 6.07) is 3.79. The van der Waals surface area contributed by atoms with Gasteiger partial charge < -0.3 is 14.9 Å². The molecule has 7 heteroatoms. The highest BCUT2D eigenvalue weighted by molar-refractivity contribution is 7.10. The van der Waals surface area contributed by atoms with Crippen molar-refractivity contribution in [1.82, 2.24) is 9.80 Å². The van der Waals surface area contributed by atoms with Gasteiger partial charge in [0.1, 0.15) is 0 Å². The van der Waals surface area contributed by atoms with Gasteiger partial charge in [-0.15, -0.1) is 11.3 Å². The third-order valence-corrected chi connectivity index (χ3v) is 4.78. The molecule has 22 heavy (non-hydrogen) atoms. The number of likely N-dealkylation sites (N-methyl/N-ethyl adjacent to an activating group) is 1. The second-order valence-electron chi connectivity index (χ2n) is 5.50. The fourth-order valence-electron chi connectivity index (χ4n) is 2.46. The fraction of sp³-hybridized carbons (Fsp3) is 0.533. The number of amides is 2. The third-order valence-electron chi connectivity index (χ3n) is 3.90. The first-order valence-corrected chi connectivity index (χ1v) is 8.12. The average Bonchev–Trinajstić information content (AvgIpc) is 3.00. The van der Waals surface area contributed by atoms with Crippen molar-refractivity contribution in [3.63, 3.8) is 0 Å². The molecular formula is C15H20N2O4S. The van der Waals surface area contributed by atoms with Crippen LogP contribution in [0.2, 0.25) is 0 Å². The average molecular weight is 324 g/mol. The van der Waals surface area contributed by atoms with Crippen molar-refractivity contribution in [3.8, 4) is 0 Å². The first-order chi connectivity index (χ1) is 10.5. The number of carboxylic acids is 1. The zero-order valence-electron chi connectivity index (χ0n) is 12.5. The summed E-state index contributed by atoms with van der Waals surface area (Å²) in [7, 11) is 1.62. The molecule has 0 radical (unpaired) electrons. The van der Waals surface area contributed by atoms with Crippen molar-refractivity contribution >= 4 is 29.1 Å². The molecule has 1 aliphatic rings. The van der Waals surface area contributed by atoms with Crippen molar-refractivity contribution in [1.29, 1.82) is 0 Å². The Hall–Kier alpha value is -1.89. The molecule has 1 aromatic heterocycles. The Balaban J connectivity index is 1.79. The van der Waals surface area contributed by atoms with Gasteiger partial charge in [-0.1, -0.05) is 6.07 Å². The van der Waals surface area contributed by atoms with Crippen LogP contribution in [0.3, 0.4) is 0 Å². The predicted octanol–water partition coefficient (Wildman–Crippen LogP) is 1.07. The van der Waals surface area contributed by atoms with E-state index in [1.165, 1.54) is 16.2 Å². The van der Waals surface area contributed by atoms with Gasteiger partial charge >= 0.3 is 5.97 Å². The zero-order chi connectivity index (χ0) is 16.1. The summed E-state index contributed by atoms with van der Waals surface area (Å²) >= 11 is 1.52. The number of likely N-dealkylation sites (tertiary alicyclic amines) is 1. The zero-order valence-corrected chi connectivity index (χ0v) is 13.3. The van der Waals surface area contributed by atoms with Crippen molar-refractivity contribution in [3.05, 3.63) is 22.4 Å². The molecule has 6 nitrogen and oxygen atoms in total. The number of thiophene rings is 1. The third kappa shape index (κ3) is 4.30. The molecule has 0 aliphatic carbocycles. The van der Waals surface area contributed by atoms with Gasteiger partial charge in [0, 0.05) is 25.0 Å². The molecule has 1 N–H and O–H groups in total. The monoisotopic (exact) mass is 324 g/mol. The summed E-state index contributed by atoms with van der Waals surface area (Å²) in [6.45, 7) is 0.938. The number of carbonyl (C=O) groups excluding carboxylic acids is 2. The number of hydrogen-bond acceptors (Lipinski definition) is 4. The van der Waals surface area contributed by atoms with Crippen LogP contribution in [-0.2, 0) is 20.8 Å². The van der Waals surface area contributed by atoms with E-state index < -0.39 is 5.97 Å². The molecule has 0 atom stereocenters. The predicted molar refractivity (Wildman–Crippen MR) is 82.6 cm³/mol. The van der Waals surface area contributed by atoms with Crippen LogP contribution in [0, 0.1) is 5.92 Å². The lowest BCUT2D eigenvalue weighted by Gasteiger charge is -2.31. The molecule has 1 fully saturated rings. The van der Waals surface area contributed by atoms with E-state index >= 15 is 0 Å². The standard InChI is InChI=1S/C15H20N2O4S/c1-16(13(18)9-12-3-2-8-22-12)10-14(19)17-6-4-11(5-7-17)15(20)21/h2-3,8,11H,4-7,9-10H2,1H3,(H,20,21). The van der Waals surface area contributed by atoms with Crippen LogP contribution in [0.15, 0.2) is 17.5 Å². The summed E-state index contributed by atoms with van der Waals surface area (Å²) in [5.41, 5.74) is 0. The maximum atomic E-state index is 12.2. The summed E-state index contributed by atoms with van der Waals surface area (Å²) in [6.07, 6.45) is 1.27. The van der Waals surface area contributed by atoms with Gasteiger partial charge in [-0.3, -0.25) is 14.4 Å². The minimum absolute atomic E-state index is 0.0436. The number of rotatable bonds is 5. The first kappa shape index (κ1) is 16.5. The number of aliphatic carboxylic acids is 1. The van der Waals surface area contributed by atoms with Gasteiger partial charge in [0.2, 0.25) is 11.8 Å². The molecule has 1 aliphatic heterocycles. The van der Waals surface area contributed by atoms with E-state index in [0.717, 1.165) is 4.88 Å². The summed E-state index contributed by atoms with van der Waals surface area (Å²) in [5.74, 6) is -1.36. The van der Waals surface area contributed by atoms with Crippen LogP contribution in [0.25, 0.3) is 0 Å². The van der Waals surface area contributed by atoms with E-state index in [2.05, 4.69) is 0 Å². The smallest absolute Gasteiger partial charge is 0.306 e. The molecule has 0 spiro atoms. The SMILES string of the molecule is CN(CC(=O)N1CCC(C(=O)O)CC1)C(=O)Cc1cccs1. The second kappa shape index (κ2) is 7.40. The quantitative estimate of drug-likeness (QED) is 0.879. The minimum Gasteiger partial charge on any atom is -0.481 e. The fourth-order valence-corrected chi connectivity index (χ4v) is 3.16. The molecule has 2 amide bonds. The van der Waals surface area contributed by atoms with Crippen LogP contribution in [-0.4, -0.2) is 59.4 Å². The summed E-state index contributed by atoms with van der Waals surface area (Å²) in [5, 5.41) is 10.9. The Morgan fingerprint density at radius 1 is 1.36 bits per heavy atom. The topological polar surface area (TPSA) is 77.9 Å². The largest absolute Gasteiger partial charge is 0.481 e. The van der Waals surface area contributed by atoms with Crippen LogP contribution in [0.4, 0.5) is 0 Å². The Morgan fingerprint density at radius 3 is 2.59 bits per heavy atom. The van der Waals surface area contributed by atoms with E-state index in [4.69, 9.17) is 5.11 Å². The Kier molecular flexibility index (Phi) is 5.54. The van der Waals surface area contributed by atoms with Crippen molar-refractivity contribution in [2.24, 2.45) is 5.92 Å². The van der Waals surface area contributed by atoms with E-state index in [-0.39, 0.29) is 24.3 Å². The lowest BCUT2D eigenvalue weighted by Crippen LogP contribution is -2.45. The molecule has 0 unspecified atom stereocenters. The maximum Gasteiger partial charge on any atom is 0.306 e. The van der Waals surface area contributed by atoms with Crippen molar-refractivity contribution in [2.45, 2.75) is 19.3 Å². The second-order valence-corrected chi connectivity index (χ2v) is 6.53. The molecule has 0 saturated carbocycles. The highest BCUT2D eigenvalue weighted by Crippen LogP contribution is 2.17. The number of carbonyl (C=O) groups is 3. The summed E-state index contributed by atoms with van der Waals surface area (Å²) < 4.78 is 0. The Labute approximate surface area is 133 Å². The Bertz CT molecular complexity index is 536. The highest BCUT2D eigenvalue weighted by Gasteiger charge is 2.27. The number of hydrogen-bond donors (Lipinski definition) is 1. The van der Waals surface area contributed by atoms with Gasteiger partial charge in [0.05, 0.1) is 18.9 Å². The van der Waals surface area contributed by atoms with E-state index in [1.807, 2.05) is 17.5 Å². The normalized spacial score (nSPS) is 15.6. The Morgan fingerprint density at radius 2 is 2.05 bits per heavy atom. The minimum atomic E-state index is -0.796. The van der Waals surface area contributed by atoms with Crippen LogP contribution in [0.1, 0.15) is 17.7 Å². The van der Waals surface area contributed by atoms with E-state index in [1.54, 1.807) is 11.9 Å². The van der Waals surface area contributed by atoms with Crippen molar-refractivity contribution in [2.75, 3.05) is 26.7 Å². The van der Waals surface area contributed by atoms with Crippen LogP contribution in [0.5, 0.6) is 0 Å². The molecular weight excluding hydrogens is 304 g/mol. The molecule has 1 saturated heterocycles. The van der Waals surface area contributed by atoms with E-state index in [9.17, 15) is 14.4 Å². The molecule has 2 rings (SSSR count). The number of nitrogens with zero attached hydrogens (tertiary/aromatic N) is 2. The lowest BCUT2D eigenvalue weighted by molar-refractivity contribution is -0.146. The molecule has 0 bridgehead atoms. The van der Waals surface area contributed by atoms with Gasteiger partial charge in [-0.25, -0.2) is 0 Å². The molecule has 120 valence electrons. The van der Waals surface area contributed by atoms with Gasteiger partial charge in [0.15, 0.2) is 0 Å². The molecule has 2 heterocycles. The number of carboxylic acid groups (broad SMARTS) is 1. The first-order valence-electron chi connectivity index (χ1n) is 7.24. The van der Waals surface area contributed by atoms with Gasteiger partial charge in [-0.2, -0.15) is 0 Å². The highest BCUT2D eigenvalue weighted by atomic mass is 32.1. The van der Waals surface area contributed by atoms with Gasteiger partial charge in [0.25, 0.3) is 0 Å². The number of piperidine rings is 1. The van der Waals surface area contributed by atoms with Crippen molar-refractivity contribution < 1.29 is 19.5 Å². The van der Waals surface area contributed by atoms with Gasteiger partial charge in [-0.05, 0) is 24.3 Å². The van der Waals surface area contributed by atoms with Crippen LogP contribution < -0.4 is 0 Å².